The second kappa shape index (κ2) is 3.41. The third kappa shape index (κ3) is 2.19. The molecule has 1 atom stereocenters. The molecule has 1 fully saturated rings. The van der Waals surface area contributed by atoms with Crippen LogP contribution in [0.1, 0.15) is 19.8 Å². The zero-order valence-electron chi connectivity index (χ0n) is 7.21. The maximum Gasteiger partial charge on any atom is 0.320 e. The predicted octanol–water partition coefficient (Wildman–Crippen LogP) is -0.178. The first kappa shape index (κ1) is 9.48. The first-order valence-electron chi connectivity index (χ1n) is 4.17. The molecule has 4 nitrogen and oxygen atoms in total. The molecular formula is C8H15NO3. The van der Waals surface area contributed by atoms with Crippen molar-refractivity contribution in [3.63, 3.8) is 0 Å². The monoisotopic (exact) mass is 173 g/mol. The highest BCUT2D eigenvalue weighted by molar-refractivity contribution is 5.72. The SMILES string of the molecule is CC(NCC1(CO)CC1)C(=O)O. The molecule has 0 saturated heterocycles. The summed E-state index contributed by atoms with van der Waals surface area (Å²) >= 11 is 0. The summed E-state index contributed by atoms with van der Waals surface area (Å²) in [5.41, 5.74) is -0.0102. The van der Waals surface area contributed by atoms with E-state index in [4.69, 9.17) is 10.2 Å². The fourth-order valence-electron chi connectivity index (χ4n) is 1.02. The van der Waals surface area contributed by atoms with Crippen LogP contribution < -0.4 is 5.32 Å². The van der Waals surface area contributed by atoms with Crippen molar-refractivity contribution in [2.24, 2.45) is 5.41 Å². The number of nitrogens with one attached hydrogen (secondary N) is 1. The van der Waals surface area contributed by atoms with Gasteiger partial charge in [-0.05, 0) is 19.8 Å². The minimum Gasteiger partial charge on any atom is -0.480 e. The molecule has 70 valence electrons. The molecule has 1 aliphatic carbocycles. The molecule has 3 N–H and O–H groups in total. The van der Waals surface area contributed by atoms with Gasteiger partial charge < -0.3 is 15.5 Å². The Morgan fingerprint density at radius 3 is 2.58 bits per heavy atom. The molecule has 0 bridgehead atoms. The highest BCUT2D eigenvalue weighted by Crippen LogP contribution is 2.44. The minimum absolute atomic E-state index is 0.0102. The smallest absolute Gasteiger partial charge is 0.320 e. The van der Waals surface area contributed by atoms with E-state index in [1.165, 1.54) is 0 Å². The summed E-state index contributed by atoms with van der Waals surface area (Å²) < 4.78 is 0. The fraction of sp³-hybridized carbons (Fsp3) is 0.875. The molecule has 1 saturated carbocycles. The van der Waals surface area contributed by atoms with Gasteiger partial charge >= 0.3 is 5.97 Å². The van der Waals surface area contributed by atoms with E-state index in [2.05, 4.69) is 5.32 Å². The zero-order chi connectivity index (χ0) is 9.19. The van der Waals surface area contributed by atoms with Crippen LogP contribution in [-0.2, 0) is 4.79 Å². The van der Waals surface area contributed by atoms with Crippen LogP contribution in [0.4, 0.5) is 0 Å². The summed E-state index contributed by atoms with van der Waals surface area (Å²) in [7, 11) is 0. The number of aliphatic hydroxyl groups excluding tert-OH is 1. The van der Waals surface area contributed by atoms with Gasteiger partial charge in [-0.2, -0.15) is 0 Å². The second-order valence-corrected chi connectivity index (χ2v) is 3.60. The maximum absolute atomic E-state index is 10.4. The molecule has 0 radical (unpaired) electrons. The Bertz CT molecular complexity index is 177. The highest BCUT2D eigenvalue weighted by Gasteiger charge is 2.41. The zero-order valence-corrected chi connectivity index (χ0v) is 7.21. The van der Waals surface area contributed by atoms with Crippen LogP contribution >= 0.6 is 0 Å². The van der Waals surface area contributed by atoms with Gasteiger partial charge in [0.15, 0.2) is 0 Å². The lowest BCUT2D eigenvalue weighted by molar-refractivity contribution is -0.139. The van der Waals surface area contributed by atoms with E-state index in [9.17, 15) is 4.79 Å². The molecule has 1 aliphatic rings. The number of carboxylic acids is 1. The van der Waals surface area contributed by atoms with E-state index in [0.717, 1.165) is 12.8 Å². The quantitative estimate of drug-likeness (QED) is 0.539. The Hall–Kier alpha value is -0.610. The van der Waals surface area contributed by atoms with Crippen molar-refractivity contribution >= 4 is 5.97 Å². The van der Waals surface area contributed by atoms with Crippen LogP contribution in [0.5, 0.6) is 0 Å². The van der Waals surface area contributed by atoms with Crippen LogP contribution in [0.2, 0.25) is 0 Å². The van der Waals surface area contributed by atoms with Gasteiger partial charge in [-0.15, -0.1) is 0 Å². The molecule has 0 aromatic rings. The van der Waals surface area contributed by atoms with Gasteiger partial charge in [0.1, 0.15) is 6.04 Å². The number of rotatable bonds is 5. The topological polar surface area (TPSA) is 69.6 Å². The second-order valence-electron chi connectivity index (χ2n) is 3.60. The first-order chi connectivity index (χ1) is 5.59. The van der Waals surface area contributed by atoms with Crippen molar-refractivity contribution in [3.8, 4) is 0 Å². The molecule has 0 aromatic heterocycles. The van der Waals surface area contributed by atoms with Crippen molar-refractivity contribution in [1.29, 1.82) is 0 Å². The van der Waals surface area contributed by atoms with Crippen molar-refractivity contribution in [1.82, 2.24) is 5.32 Å². The number of hydrogen-bond acceptors (Lipinski definition) is 3. The molecule has 4 heteroatoms. The molecular weight excluding hydrogens is 158 g/mol. The van der Waals surface area contributed by atoms with Crippen molar-refractivity contribution in [2.75, 3.05) is 13.2 Å². The van der Waals surface area contributed by atoms with Gasteiger partial charge in [0.25, 0.3) is 0 Å². The van der Waals surface area contributed by atoms with Crippen molar-refractivity contribution in [2.45, 2.75) is 25.8 Å². The minimum atomic E-state index is -0.844. The first-order valence-corrected chi connectivity index (χ1v) is 4.17. The van der Waals surface area contributed by atoms with E-state index in [1.807, 2.05) is 0 Å². The van der Waals surface area contributed by atoms with E-state index in [1.54, 1.807) is 6.92 Å². The summed E-state index contributed by atoms with van der Waals surface area (Å²) in [6, 6.07) is -0.519. The summed E-state index contributed by atoms with van der Waals surface area (Å²) in [6.45, 7) is 2.37. The van der Waals surface area contributed by atoms with E-state index in [-0.39, 0.29) is 12.0 Å². The summed E-state index contributed by atoms with van der Waals surface area (Å²) in [6.07, 6.45) is 2.01. The largest absolute Gasteiger partial charge is 0.480 e. The average Bonchev–Trinajstić information content (AvgIpc) is 2.81. The number of aliphatic carboxylic acids is 1. The molecule has 0 aliphatic heterocycles. The van der Waals surface area contributed by atoms with Gasteiger partial charge in [-0.25, -0.2) is 0 Å². The number of carbonyl (C=O) groups is 1. The lowest BCUT2D eigenvalue weighted by Gasteiger charge is -2.14. The summed E-state index contributed by atoms with van der Waals surface area (Å²) in [5, 5.41) is 20.3. The van der Waals surface area contributed by atoms with Crippen LogP contribution in [0.3, 0.4) is 0 Å². The molecule has 1 unspecified atom stereocenters. The van der Waals surface area contributed by atoms with Crippen LogP contribution in [0, 0.1) is 5.41 Å². The molecule has 0 heterocycles. The third-order valence-electron chi connectivity index (χ3n) is 2.45. The van der Waals surface area contributed by atoms with Crippen LogP contribution in [0.15, 0.2) is 0 Å². The molecule has 0 aromatic carbocycles. The Kier molecular flexibility index (Phi) is 2.69. The van der Waals surface area contributed by atoms with Gasteiger partial charge in [0.2, 0.25) is 0 Å². The average molecular weight is 173 g/mol. The van der Waals surface area contributed by atoms with Gasteiger partial charge in [-0.1, -0.05) is 0 Å². The van der Waals surface area contributed by atoms with Gasteiger partial charge in [0.05, 0.1) is 0 Å². The number of aliphatic hydroxyl groups is 1. The van der Waals surface area contributed by atoms with Crippen molar-refractivity contribution in [3.05, 3.63) is 0 Å². The molecule has 0 spiro atoms. The standard InChI is InChI=1S/C8H15NO3/c1-6(7(11)12)9-4-8(5-10)2-3-8/h6,9-10H,2-5H2,1H3,(H,11,12). The van der Waals surface area contributed by atoms with Crippen LogP contribution in [-0.4, -0.2) is 35.4 Å². The Labute approximate surface area is 71.6 Å². The number of carboxylic acid groups (broad SMARTS) is 1. The van der Waals surface area contributed by atoms with Gasteiger partial charge in [-0.3, -0.25) is 4.79 Å². The predicted molar refractivity (Wildman–Crippen MR) is 43.9 cm³/mol. The lowest BCUT2D eigenvalue weighted by Crippen LogP contribution is -2.38. The maximum atomic E-state index is 10.4. The molecule has 0 amide bonds. The van der Waals surface area contributed by atoms with E-state index >= 15 is 0 Å². The Balaban J connectivity index is 2.21. The van der Waals surface area contributed by atoms with Gasteiger partial charge in [0, 0.05) is 18.6 Å². The van der Waals surface area contributed by atoms with Crippen molar-refractivity contribution < 1.29 is 15.0 Å². The third-order valence-corrected chi connectivity index (χ3v) is 2.45. The summed E-state index contributed by atoms with van der Waals surface area (Å²) in [4.78, 5) is 10.4. The number of hydrogen-bond donors (Lipinski definition) is 3. The normalized spacial score (nSPS) is 21.8. The Morgan fingerprint density at radius 2 is 2.25 bits per heavy atom. The molecule has 12 heavy (non-hydrogen) atoms. The van der Waals surface area contributed by atoms with Crippen LogP contribution in [0.25, 0.3) is 0 Å². The highest BCUT2D eigenvalue weighted by atomic mass is 16.4. The summed E-state index contributed by atoms with van der Waals surface area (Å²) in [5.74, 6) is -0.844. The Morgan fingerprint density at radius 1 is 1.67 bits per heavy atom. The lowest BCUT2D eigenvalue weighted by atomic mass is 10.1. The molecule has 1 rings (SSSR count). The fourth-order valence-corrected chi connectivity index (χ4v) is 1.02. The van der Waals surface area contributed by atoms with E-state index in [0.29, 0.717) is 6.54 Å². The van der Waals surface area contributed by atoms with E-state index < -0.39 is 12.0 Å².